The lowest BCUT2D eigenvalue weighted by atomic mass is 9.87. The fourth-order valence-electron chi connectivity index (χ4n) is 3.08. The molecule has 6 nitrogen and oxygen atoms in total. The lowest BCUT2D eigenvalue weighted by Crippen LogP contribution is -2.16. The SMILES string of the molecule is CC(C)(C)c1ccc(S(=O)(=O)Nc2ccc(Br)c(C3N=C3c3cccnc3)n2)cc1. The van der Waals surface area contributed by atoms with Crippen LogP contribution >= 0.6 is 15.9 Å². The van der Waals surface area contributed by atoms with Crippen molar-refractivity contribution in [3.05, 3.63) is 82.2 Å². The molecule has 1 atom stereocenters. The van der Waals surface area contributed by atoms with E-state index in [0.29, 0.717) is 5.69 Å². The summed E-state index contributed by atoms with van der Waals surface area (Å²) in [6, 6.07) is 13.9. The molecular formula is C22H21BrN4O2S. The lowest BCUT2D eigenvalue weighted by Gasteiger charge is -2.19. The molecule has 0 amide bonds. The van der Waals surface area contributed by atoms with E-state index >= 15 is 0 Å². The highest BCUT2D eigenvalue weighted by molar-refractivity contribution is 9.10. The molecule has 0 fully saturated rings. The summed E-state index contributed by atoms with van der Waals surface area (Å²) in [6.07, 6.45) is 3.46. The summed E-state index contributed by atoms with van der Waals surface area (Å²) in [5, 5.41) is 0. The number of rotatable bonds is 5. The summed E-state index contributed by atoms with van der Waals surface area (Å²) in [6.45, 7) is 6.26. The number of pyridine rings is 2. The molecule has 3 heterocycles. The van der Waals surface area contributed by atoms with Crippen molar-refractivity contribution < 1.29 is 8.42 Å². The average Bonchev–Trinajstić information content (AvgIpc) is 3.50. The van der Waals surface area contributed by atoms with Gasteiger partial charge < -0.3 is 0 Å². The van der Waals surface area contributed by atoms with E-state index in [1.54, 1.807) is 36.7 Å². The van der Waals surface area contributed by atoms with Crippen LogP contribution in [-0.4, -0.2) is 24.1 Å². The first-order valence-corrected chi connectivity index (χ1v) is 11.7. The van der Waals surface area contributed by atoms with Crippen molar-refractivity contribution in [3.63, 3.8) is 0 Å². The van der Waals surface area contributed by atoms with Gasteiger partial charge in [0, 0.05) is 22.4 Å². The highest BCUT2D eigenvalue weighted by Crippen LogP contribution is 2.38. The summed E-state index contributed by atoms with van der Waals surface area (Å²) in [5.41, 5.74) is 3.50. The number of benzene rings is 1. The minimum atomic E-state index is -3.75. The van der Waals surface area contributed by atoms with E-state index in [2.05, 4.69) is 56.4 Å². The largest absolute Gasteiger partial charge is 0.270 e. The molecule has 8 heteroatoms. The molecule has 0 aliphatic carbocycles. The first-order valence-electron chi connectivity index (χ1n) is 9.43. The molecule has 2 aromatic heterocycles. The van der Waals surface area contributed by atoms with E-state index in [-0.39, 0.29) is 22.2 Å². The number of nitrogens with one attached hydrogen (secondary N) is 1. The Bertz CT molecular complexity index is 1220. The van der Waals surface area contributed by atoms with Crippen molar-refractivity contribution in [3.8, 4) is 0 Å². The van der Waals surface area contributed by atoms with Gasteiger partial charge in [-0.25, -0.2) is 13.4 Å². The molecule has 4 rings (SSSR count). The van der Waals surface area contributed by atoms with Crippen LogP contribution in [0.2, 0.25) is 0 Å². The van der Waals surface area contributed by atoms with Crippen LogP contribution in [0.5, 0.6) is 0 Å². The van der Waals surface area contributed by atoms with Gasteiger partial charge in [0.1, 0.15) is 11.9 Å². The van der Waals surface area contributed by atoms with Crippen molar-refractivity contribution in [1.29, 1.82) is 0 Å². The first-order chi connectivity index (χ1) is 14.1. The molecule has 1 aliphatic rings. The van der Waals surface area contributed by atoms with Crippen molar-refractivity contribution >= 4 is 37.5 Å². The number of sulfonamides is 1. The zero-order valence-electron chi connectivity index (χ0n) is 16.8. The second kappa shape index (κ2) is 7.59. The van der Waals surface area contributed by atoms with Gasteiger partial charge in [0.05, 0.1) is 16.3 Å². The van der Waals surface area contributed by atoms with Gasteiger partial charge in [-0.1, -0.05) is 32.9 Å². The van der Waals surface area contributed by atoms with Crippen molar-refractivity contribution in [2.75, 3.05) is 4.72 Å². The van der Waals surface area contributed by atoms with Crippen LogP contribution in [-0.2, 0) is 15.4 Å². The topological polar surface area (TPSA) is 84.3 Å². The van der Waals surface area contributed by atoms with E-state index < -0.39 is 10.0 Å². The number of hydrogen-bond acceptors (Lipinski definition) is 5. The second-order valence-electron chi connectivity index (χ2n) is 8.10. The summed E-state index contributed by atoms with van der Waals surface area (Å²) >= 11 is 3.49. The van der Waals surface area contributed by atoms with Crippen LogP contribution in [0.15, 0.2) is 75.3 Å². The first kappa shape index (κ1) is 20.7. The Morgan fingerprint density at radius 3 is 2.40 bits per heavy atom. The molecule has 1 unspecified atom stereocenters. The van der Waals surface area contributed by atoms with E-state index in [1.807, 2.05) is 24.3 Å². The number of aliphatic imine (C=N–C) groups is 1. The highest BCUT2D eigenvalue weighted by atomic mass is 79.9. The van der Waals surface area contributed by atoms with Gasteiger partial charge in [0.25, 0.3) is 10.0 Å². The molecule has 1 N–H and O–H groups in total. The van der Waals surface area contributed by atoms with E-state index in [4.69, 9.17) is 0 Å². The molecule has 1 aromatic carbocycles. The average molecular weight is 485 g/mol. The predicted molar refractivity (Wildman–Crippen MR) is 121 cm³/mol. The second-order valence-corrected chi connectivity index (χ2v) is 10.6. The van der Waals surface area contributed by atoms with Gasteiger partial charge in [0.2, 0.25) is 0 Å². The summed E-state index contributed by atoms with van der Waals surface area (Å²) < 4.78 is 29.0. The smallest absolute Gasteiger partial charge is 0.263 e. The van der Waals surface area contributed by atoms with Gasteiger partial charge >= 0.3 is 0 Å². The van der Waals surface area contributed by atoms with Gasteiger partial charge in [-0.05, 0) is 63.3 Å². The van der Waals surface area contributed by atoms with E-state index in [0.717, 1.165) is 21.3 Å². The van der Waals surface area contributed by atoms with Gasteiger partial charge in [-0.2, -0.15) is 0 Å². The van der Waals surface area contributed by atoms with Crippen molar-refractivity contribution in [2.45, 2.75) is 37.1 Å². The predicted octanol–water partition coefficient (Wildman–Crippen LogP) is 4.88. The Balaban J connectivity index is 1.55. The van der Waals surface area contributed by atoms with Crippen molar-refractivity contribution in [1.82, 2.24) is 9.97 Å². The van der Waals surface area contributed by atoms with Gasteiger partial charge in [-0.3, -0.25) is 14.7 Å². The Hall–Kier alpha value is -2.58. The molecule has 1 aliphatic heterocycles. The van der Waals surface area contributed by atoms with E-state index in [1.165, 1.54) is 0 Å². The Kier molecular flexibility index (Phi) is 5.23. The highest BCUT2D eigenvalue weighted by Gasteiger charge is 2.34. The molecule has 3 aromatic rings. The third kappa shape index (κ3) is 4.29. The summed E-state index contributed by atoms with van der Waals surface area (Å²) in [7, 11) is -3.75. The Morgan fingerprint density at radius 2 is 1.77 bits per heavy atom. The molecule has 0 radical (unpaired) electrons. The third-order valence-corrected chi connectivity index (χ3v) is 6.86. The molecule has 0 bridgehead atoms. The van der Waals surface area contributed by atoms with Gasteiger partial charge in [0.15, 0.2) is 0 Å². The number of nitrogens with zero attached hydrogens (tertiary/aromatic N) is 3. The normalized spacial score (nSPS) is 16.1. The maximum absolute atomic E-state index is 12.8. The minimum Gasteiger partial charge on any atom is -0.270 e. The molecule has 30 heavy (non-hydrogen) atoms. The van der Waals surface area contributed by atoms with Crippen LogP contribution in [0.3, 0.4) is 0 Å². The zero-order chi connectivity index (χ0) is 21.5. The molecular weight excluding hydrogens is 464 g/mol. The lowest BCUT2D eigenvalue weighted by molar-refractivity contribution is 0.587. The number of halogens is 1. The molecule has 0 saturated carbocycles. The summed E-state index contributed by atoms with van der Waals surface area (Å²) in [4.78, 5) is 13.3. The zero-order valence-corrected chi connectivity index (χ0v) is 19.2. The molecule has 0 saturated heterocycles. The third-order valence-electron chi connectivity index (χ3n) is 4.82. The number of aromatic nitrogens is 2. The fraction of sp³-hybridized carbons (Fsp3) is 0.227. The fourth-order valence-corrected chi connectivity index (χ4v) is 4.52. The van der Waals surface area contributed by atoms with Crippen LogP contribution in [0.1, 0.15) is 43.6 Å². The van der Waals surface area contributed by atoms with Gasteiger partial charge in [-0.15, -0.1) is 0 Å². The van der Waals surface area contributed by atoms with Crippen LogP contribution < -0.4 is 4.72 Å². The summed E-state index contributed by atoms with van der Waals surface area (Å²) in [5.74, 6) is 0.251. The number of hydrogen-bond donors (Lipinski definition) is 1. The van der Waals surface area contributed by atoms with E-state index in [9.17, 15) is 8.42 Å². The Labute approximate surface area is 184 Å². The Morgan fingerprint density at radius 1 is 1.03 bits per heavy atom. The van der Waals surface area contributed by atoms with Crippen LogP contribution in [0.25, 0.3) is 0 Å². The molecule has 0 spiro atoms. The maximum Gasteiger partial charge on any atom is 0.263 e. The van der Waals surface area contributed by atoms with Crippen molar-refractivity contribution in [2.24, 2.45) is 4.99 Å². The quantitative estimate of drug-likeness (QED) is 0.558. The minimum absolute atomic E-state index is 0.0475. The monoisotopic (exact) mass is 484 g/mol. The standard InChI is InChI=1S/C22H21BrN4O2S/c1-22(2,3)15-6-8-16(9-7-15)30(28,29)27-18-11-10-17(23)20(25-18)21-19(26-21)14-5-4-12-24-13-14/h4-13,21H,1-3H3,(H,25,27). The van der Waals surface area contributed by atoms with Crippen LogP contribution in [0, 0.1) is 0 Å². The maximum atomic E-state index is 12.8. The number of anilines is 1. The van der Waals surface area contributed by atoms with Crippen LogP contribution in [0.4, 0.5) is 5.82 Å². The molecule has 154 valence electrons.